The first-order valence-electron chi connectivity index (χ1n) is 10.6. The summed E-state index contributed by atoms with van der Waals surface area (Å²) in [5, 5.41) is 12.6. The predicted molar refractivity (Wildman–Crippen MR) is 132 cm³/mol. The number of aryl methyl sites for hydroxylation is 2. The highest BCUT2D eigenvalue weighted by Gasteiger charge is 2.26. The second-order valence-corrected chi connectivity index (χ2v) is 10.1. The van der Waals surface area contributed by atoms with Crippen molar-refractivity contribution in [1.29, 1.82) is 0 Å². The summed E-state index contributed by atoms with van der Waals surface area (Å²) in [4.78, 5) is 28.5. The van der Waals surface area contributed by atoms with Gasteiger partial charge in [0.1, 0.15) is 5.82 Å². The lowest BCUT2D eigenvalue weighted by molar-refractivity contribution is 0.0941. The fourth-order valence-electron chi connectivity index (χ4n) is 3.01. The van der Waals surface area contributed by atoms with Gasteiger partial charge in [-0.2, -0.15) is 8.42 Å². The van der Waals surface area contributed by atoms with Crippen LogP contribution >= 0.6 is 0 Å². The van der Waals surface area contributed by atoms with Crippen LogP contribution in [0, 0.1) is 13.8 Å². The van der Waals surface area contributed by atoms with Gasteiger partial charge in [-0.3, -0.25) is 18.7 Å². The van der Waals surface area contributed by atoms with Gasteiger partial charge < -0.3 is 16.2 Å². The van der Waals surface area contributed by atoms with Gasteiger partial charge in [0.05, 0.1) is 10.4 Å². The lowest BCUT2D eigenvalue weighted by Gasteiger charge is -2.21. The minimum absolute atomic E-state index is 0.0666. The number of hydrogen-bond donors (Lipinski definition) is 4. The largest absolute Gasteiger partial charge is 0.501 e. The first-order valence-corrected chi connectivity index (χ1v) is 12.0. The zero-order valence-corrected chi connectivity index (χ0v) is 21.0. The van der Waals surface area contributed by atoms with Gasteiger partial charge in [-0.05, 0) is 45.4 Å². The van der Waals surface area contributed by atoms with Crippen LogP contribution in [0.4, 0.5) is 0 Å². The molecule has 11 heteroatoms. The second kappa shape index (κ2) is 10.8. The third-order valence-corrected chi connectivity index (χ3v) is 5.82. The van der Waals surface area contributed by atoms with Crippen LogP contribution in [0.2, 0.25) is 0 Å². The third kappa shape index (κ3) is 7.47. The molecule has 3 rings (SSSR count). The average molecular weight is 503 g/mol. The number of rotatable bonds is 5. The Bertz CT molecular complexity index is 1360. The molecule has 1 aromatic heterocycles. The van der Waals surface area contributed by atoms with E-state index in [1.54, 1.807) is 26.0 Å². The molecule has 3 aromatic rings. The quantitative estimate of drug-likeness (QED) is 0.385. The molecule has 0 saturated heterocycles. The Morgan fingerprint density at radius 3 is 2.00 bits per heavy atom. The molecule has 2 aromatic carbocycles. The maximum absolute atomic E-state index is 12.3. The molecule has 0 spiro atoms. The van der Waals surface area contributed by atoms with E-state index in [1.165, 1.54) is 19.2 Å². The van der Waals surface area contributed by atoms with Crippen molar-refractivity contribution in [2.45, 2.75) is 44.7 Å². The summed E-state index contributed by atoms with van der Waals surface area (Å²) in [6.45, 7) is 7.41. The number of carbonyl (C=O) groups excluding carboxylic acids is 1. The number of benzene rings is 2. The van der Waals surface area contributed by atoms with Gasteiger partial charge in [-0.15, -0.1) is 0 Å². The smallest absolute Gasteiger partial charge is 0.296 e. The molecule has 0 bridgehead atoms. The molecular formula is C24H30N4O6S. The van der Waals surface area contributed by atoms with E-state index < -0.39 is 32.9 Å². The molecule has 0 radical (unpaired) electrons. The molecule has 188 valence electrons. The summed E-state index contributed by atoms with van der Waals surface area (Å²) in [5.41, 5.74) is 6.99. The molecule has 0 aliphatic heterocycles. The highest BCUT2D eigenvalue weighted by atomic mass is 32.2. The van der Waals surface area contributed by atoms with Crippen molar-refractivity contribution in [1.82, 2.24) is 14.9 Å². The molecular weight excluding hydrogens is 472 g/mol. The highest BCUT2D eigenvalue weighted by molar-refractivity contribution is 7.85. The van der Waals surface area contributed by atoms with Crippen molar-refractivity contribution in [2.24, 2.45) is 12.8 Å². The summed E-state index contributed by atoms with van der Waals surface area (Å²) in [5.74, 6) is -1.10. The zero-order valence-electron chi connectivity index (χ0n) is 20.2. The lowest BCUT2D eigenvalue weighted by Crippen LogP contribution is -2.39. The molecule has 1 heterocycles. The third-order valence-electron chi connectivity index (χ3n) is 4.95. The molecule has 0 saturated carbocycles. The van der Waals surface area contributed by atoms with Crippen LogP contribution in [0.25, 0.3) is 0 Å². The lowest BCUT2D eigenvalue weighted by atomic mass is 10.1. The summed E-state index contributed by atoms with van der Waals surface area (Å²) in [6.07, 6.45) is 0. The number of amides is 1. The van der Waals surface area contributed by atoms with Crippen molar-refractivity contribution >= 4 is 16.0 Å². The van der Waals surface area contributed by atoms with Crippen LogP contribution in [0.3, 0.4) is 0 Å². The van der Waals surface area contributed by atoms with Gasteiger partial charge in [0.2, 0.25) is 5.75 Å². The maximum atomic E-state index is 12.3. The number of carbonyl (C=O) groups is 1. The molecule has 0 aliphatic carbocycles. The van der Waals surface area contributed by atoms with E-state index in [2.05, 4.69) is 10.3 Å². The maximum Gasteiger partial charge on any atom is 0.296 e. The van der Waals surface area contributed by atoms with Gasteiger partial charge in [-0.25, -0.2) is 4.98 Å². The zero-order chi connectivity index (χ0) is 26.6. The van der Waals surface area contributed by atoms with Crippen molar-refractivity contribution in [3.05, 3.63) is 87.1 Å². The molecule has 5 N–H and O–H groups in total. The summed E-state index contributed by atoms with van der Waals surface area (Å²) >= 11 is 0. The van der Waals surface area contributed by atoms with E-state index in [4.69, 9.17) is 10.3 Å². The Hall–Kier alpha value is -3.54. The van der Waals surface area contributed by atoms with E-state index in [9.17, 15) is 23.1 Å². The number of nitrogens with one attached hydrogen (secondary N) is 1. The standard InChI is InChI=1S/C17H22N4O3.C7H8O3S/c1-10-5-7-11(8-6-10)9-19-14(23)12-13(22)15(24)21(4)16(20-12)17(2,3)18;1-6-2-4-7(5-3-6)11(8,9)10/h5-8,22H,9,18H2,1-4H3,(H,19,23);2-5H,1H3,(H,8,9,10). The van der Waals surface area contributed by atoms with Crippen molar-refractivity contribution in [2.75, 3.05) is 0 Å². The van der Waals surface area contributed by atoms with E-state index in [0.29, 0.717) is 0 Å². The van der Waals surface area contributed by atoms with Crippen LogP contribution in [0.5, 0.6) is 5.75 Å². The normalized spacial score (nSPS) is 11.4. The Morgan fingerprint density at radius 1 is 1.06 bits per heavy atom. The van der Waals surface area contributed by atoms with Gasteiger partial charge in [-0.1, -0.05) is 47.5 Å². The summed E-state index contributed by atoms with van der Waals surface area (Å²) in [6, 6.07) is 13.6. The number of nitrogens with zero attached hydrogens (tertiary/aromatic N) is 2. The minimum Gasteiger partial charge on any atom is -0.501 e. The van der Waals surface area contributed by atoms with Gasteiger partial charge >= 0.3 is 0 Å². The average Bonchev–Trinajstić information content (AvgIpc) is 2.76. The van der Waals surface area contributed by atoms with E-state index >= 15 is 0 Å². The molecule has 1 amide bonds. The van der Waals surface area contributed by atoms with Crippen molar-refractivity contribution in [3.63, 3.8) is 0 Å². The molecule has 35 heavy (non-hydrogen) atoms. The van der Waals surface area contributed by atoms with Crippen LogP contribution < -0.4 is 16.6 Å². The first kappa shape index (κ1) is 27.7. The van der Waals surface area contributed by atoms with Gasteiger partial charge in [0.15, 0.2) is 5.69 Å². The molecule has 0 fully saturated rings. The number of nitrogens with two attached hydrogens (primary N) is 1. The second-order valence-electron chi connectivity index (χ2n) is 8.67. The monoisotopic (exact) mass is 502 g/mol. The topological polar surface area (TPSA) is 165 Å². The Balaban J connectivity index is 0.000000328. The number of aromatic hydroxyl groups is 1. The summed E-state index contributed by atoms with van der Waals surface area (Å²) < 4.78 is 30.7. The van der Waals surface area contributed by atoms with Crippen LogP contribution in [-0.4, -0.2) is 33.5 Å². The Morgan fingerprint density at radius 2 is 1.54 bits per heavy atom. The molecule has 0 aliphatic rings. The van der Waals surface area contributed by atoms with Crippen molar-refractivity contribution in [3.8, 4) is 5.75 Å². The van der Waals surface area contributed by atoms with E-state index in [-0.39, 0.29) is 23.0 Å². The fourth-order valence-corrected chi connectivity index (χ4v) is 3.49. The highest BCUT2D eigenvalue weighted by Crippen LogP contribution is 2.17. The van der Waals surface area contributed by atoms with Crippen molar-refractivity contribution < 1.29 is 22.9 Å². The van der Waals surface area contributed by atoms with Crippen LogP contribution in [0.1, 0.15) is 46.9 Å². The SMILES string of the molecule is Cc1ccc(CNC(=O)c2nc(C(C)(C)N)n(C)c(=O)c2O)cc1.Cc1ccc(S(=O)(=O)O)cc1. The molecule has 0 atom stereocenters. The first-order chi connectivity index (χ1) is 16.1. The Labute approximate surface area is 204 Å². The van der Waals surface area contributed by atoms with E-state index in [1.807, 2.05) is 38.1 Å². The van der Waals surface area contributed by atoms with Gasteiger partial charge in [0, 0.05) is 13.6 Å². The predicted octanol–water partition coefficient (Wildman–Crippen LogP) is 2.16. The summed E-state index contributed by atoms with van der Waals surface area (Å²) in [7, 11) is -2.57. The van der Waals surface area contributed by atoms with Crippen LogP contribution in [0.15, 0.2) is 58.2 Å². The number of aromatic nitrogens is 2. The molecule has 10 nitrogen and oxygen atoms in total. The fraction of sp³-hybridized carbons (Fsp3) is 0.292. The number of hydrogen-bond acceptors (Lipinski definition) is 7. The molecule has 0 unspecified atom stereocenters. The van der Waals surface area contributed by atoms with Crippen LogP contribution in [-0.2, 0) is 29.2 Å². The minimum atomic E-state index is -4.02. The van der Waals surface area contributed by atoms with Gasteiger partial charge in [0.25, 0.3) is 21.6 Å². The Kier molecular flexibility index (Phi) is 8.55. The van der Waals surface area contributed by atoms with E-state index in [0.717, 1.165) is 21.3 Å².